The van der Waals surface area contributed by atoms with Crippen molar-refractivity contribution < 1.29 is 4.79 Å². The fraction of sp³-hybridized carbons (Fsp3) is 0.357. The van der Waals surface area contributed by atoms with Gasteiger partial charge in [-0.25, -0.2) is 4.68 Å². The zero-order valence-electron chi connectivity index (χ0n) is 11.7. The maximum Gasteiger partial charge on any atom is 0.273 e. The Labute approximate surface area is 126 Å². The van der Waals surface area contributed by atoms with Crippen molar-refractivity contribution in [2.75, 3.05) is 0 Å². The van der Waals surface area contributed by atoms with Gasteiger partial charge in [0.15, 0.2) is 5.69 Å². The minimum absolute atomic E-state index is 0.210. The Kier molecular flexibility index (Phi) is 4.23. The number of amides is 1. The van der Waals surface area contributed by atoms with Crippen LogP contribution in [-0.2, 0) is 0 Å². The number of rotatable bonds is 4. The predicted molar refractivity (Wildman–Crippen MR) is 80.9 cm³/mol. The minimum Gasteiger partial charge on any atom is -0.346 e. The second kappa shape index (κ2) is 5.75. The summed E-state index contributed by atoms with van der Waals surface area (Å²) in [4.78, 5) is 12.1. The first-order valence-corrected chi connectivity index (χ1v) is 7.21. The first-order chi connectivity index (χ1) is 9.41. The van der Waals surface area contributed by atoms with Gasteiger partial charge in [-0.3, -0.25) is 4.79 Å². The van der Waals surface area contributed by atoms with Gasteiger partial charge >= 0.3 is 0 Å². The van der Waals surface area contributed by atoms with Crippen LogP contribution in [0.5, 0.6) is 0 Å². The Morgan fingerprint density at radius 1 is 1.45 bits per heavy atom. The van der Waals surface area contributed by atoms with E-state index < -0.39 is 0 Å². The van der Waals surface area contributed by atoms with Gasteiger partial charge in [0, 0.05) is 10.0 Å². The molecule has 0 spiro atoms. The second-order valence-corrected chi connectivity index (χ2v) is 6.14. The molecule has 1 aromatic carbocycles. The number of hydrogen-bond acceptors (Lipinski definition) is 3. The van der Waals surface area contributed by atoms with Gasteiger partial charge in [-0.15, -0.1) is 5.10 Å². The Balaban J connectivity index is 2.19. The molecule has 0 fully saturated rings. The normalized spacial score (nSPS) is 11.4. The minimum atomic E-state index is -0.253. The third kappa shape index (κ3) is 3.45. The van der Waals surface area contributed by atoms with Gasteiger partial charge in [0.1, 0.15) is 0 Å². The van der Waals surface area contributed by atoms with Crippen LogP contribution in [0.4, 0.5) is 0 Å². The molecule has 0 radical (unpaired) electrons. The average molecular weight is 337 g/mol. The van der Waals surface area contributed by atoms with E-state index in [9.17, 15) is 4.79 Å². The van der Waals surface area contributed by atoms with Gasteiger partial charge in [0.25, 0.3) is 5.91 Å². The summed E-state index contributed by atoms with van der Waals surface area (Å²) in [6, 6.07) is 7.64. The fourth-order valence-electron chi connectivity index (χ4n) is 1.57. The van der Waals surface area contributed by atoms with Crippen LogP contribution in [0, 0.1) is 0 Å². The number of nitrogens with one attached hydrogen (secondary N) is 1. The van der Waals surface area contributed by atoms with Crippen LogP contribution in [0.15, 0.2) is 34.9 Å². The van der Waals surface area contributed by atoms with Crippen LogP contribution < -0.4 is 5.32 Å². The van der Waals surface area contributed by atoms with Crippen LogP contribution in [0.3, 0.4) is 0 Å². The lowest BCUT2D eigenvalue weighted by Gasteiger charge is -2.23. The number of halogens is 1. The standard InChI is InChI=1S/C14H17BrN4O/c1-4-14(2,3)16-13(20)12-9-19(18-17-12)11-7-5-6-10(15)8-11/h5-9H,4H2,1-3H3,(H,16,20). The van der Waals surface area contributed by atoms with Crippen molar-refractivity contribution in [3.63, 3.8) is 0 Å². The number of hydrogen-bond donors (Lipinski definition) is 1. The van der Waals surface area contributed by atoms with Crippen molar-refractivity contribution in [1.82, 2.24) is 20.3 Å². The number of aromatic nitrogens is 3. The first kappa shape index (κ1) is 14.7. The van der Waals surface area contributed by atoms with E-state index in [-0.39, 0.29) is 11.4 Å². The predicted octanol–water partition coefficient (Wildman–Crippen LogP) is 2.95. The summed E-state index contributed by atoms with van der Waals surface area (Å²) in [5, 5.41) is 10.9. The third-order valence-electron chi connectivity index (χ3n) is 3.13. The zero-order chi connectivity index (χ0) is 14.8. The van der Waals surface area contributed by atoms with E-state index in [4.69, 9.17) is 0 Å². The molecule has 1 heterocycles. The van der Waals surface area contributed by atoms with E-state index in [1.54, 1.807) is 10.9 Å². The molecule has 0 saturated heterocycles. The van der Waals surface area contributed by atoms with Crippen LogP contribution in [-0.4, -0.2) is 26.4 Å². The van der Waals surface area contributed by atoms with E-state index in [2.05, 4.69) is 31.6 Å². The van der Waals surface area contributed by atoms with Crippen molar-refractivity contribution >= 4 is 21.8 Å². The monoisotopic (exact) mass is 336 g/mol. The van der Waals surface area contributed by atoms with Crippen molar-refractivity contribution in [2.45, 2.75) is 32.7 Å². The Bertz CT molecular complexity index is 621. The van der Waals surface area contributed by atoms with Crippen LogP contribution in [0.1, 0.15) is 37.7 Å². The molecule has 2 aromatic rings. The highest BCUT2D eigenvalue weighted by Gasteiger charge is 2.20. The smallest absolute Gasteiger partial charge is 0.273 e. The summed E-state index contributed by atoms with van der Waals surface area (Å²) in [6.45, 7) is 5.98. The summed E-state index contributed by atoms with van der Waals surface area (Å²) in [7, 11) is 0. The Hall–Kier alpha value is -1.69. The molecule has 20 heavy (non-hydrogen) atoms. The van der Waals surface area contributed by atoms with E-state index in [0.29, 0.717) is 5.69 Å². The molecular formula is C14H17BrN4O. The third-order valence-corrected chi connectivity index (χ3v) is 3.63. The SMILES string of the molecule is CCC(C)(C)NC(=O)c1cn(-c2cccc(Br)c2)nn1. The summed E-state index contributed by atoms with van der Waals surface area (Å²) < 4.78 is 2.53. The number of nitrogens with zero attached hydrogens (tertiary/aromatic N) is 3. The second-order valence-electron chi connectivity index (χ2n) is 5.22. The molecule has 1 aromatic heterocycles. The van der Waals surface area contributed by atoms with Crippen molar-refractivity contribution in [2.24, 2.45) is 0 Å². The lowest BCUT2D eigenvalue weighted by Crippen LogP contribution is -2.42. The summed E-state index contributed by atoms with van der Waals surface area (Å²) in [5.41, 5.74) is 0.906. The van der Waals surface area contributed by atoms with Crippen LogP contribution in [0.2, 0.25) is 0 Å². The molecule has 0 aliphatic rings. The van der Waals surface area contributed by atoms with Gasteiger partial charge in [-0.05, 0) is 38.5 Å². The summed E-state index contributed by atoms with van der Waals surface area (Å²) in [5.74, 6) is -0.210. The molecule has 0 saturated carbocycles. The van der Waals surface area contributed by atoms with Crippen molar-refractivity contribution in [3.8, 4) is 5.69 Å². The van der Waals surface area contributed by atoms with Gasteiger partial charge in [-0.2, -0.15) is 0 Å². The number of carbonyl (C=O) groups is 1. The zero-order valence-corrected chi connectivity index (χ0v) is 13.3. The molecule has 0 aliphatic carbocycles. The maximum atomic E-state index is 12.1. The molecule has 2 rings (SSSR count). The van der Waals surface area contributed by atoms with Crippen LogP contribution >= 0.6 is 15.9 Å². The summed E-state index contributed by atoms with van der Waals surface area (Å²) in [6.07, 6.45) is 2.47. The molecular weight excluding hydrogens is 320 g/mol. The van der Waals surface area contributed by atoms with E-state index in [1.165, 1.54) is 0 Å². The number of benzene rings is 1. The van der Waals surface area contributed by atoms with Gasteiger partial charge in [0.05, 0.1) is 11.9 Å². The van der Waals surface area contributed by atoms with Gasteiger partial charge in [0.2, 0.25) is 0 Å². The molecule has 106 valence electrons. The highest BCUT2D eigenvalue weighted by Crippen LogP contribution is 2.15. The highest BCUT2D eigenvalue weighted by molar-refractivity contribution is 9.10. The number of carbonyl (C=O) groups excluding carboxylic acids is 1. The van der Waals surface area contributed by atoms with Crippen molar-refractivity contribution in [3.05, 3.63) is 40.6 Å². The van der Waals surface area contributed by atoms with E-state index in [1.807, 2.05) is 45.0 Å². The molecule has 0 aliphatic heterocycles. The molecule has 0 unspecified atom stereocenters. The van der Waals surface area contributed by atoms with Gasteiger partial charge in [-0.1, -0.05) is 34.1 Å². The lowest BCUT2D eigenvalue weighted by molar-refractivity contribution is 0.0906. The van der Waals surface area contributed by atoms with Crippen LogP contribution in [0.25, 0.3) is 5.69 Å². The van der Waals surface area contributed by atoms with E-state index in [0.717, 1.165) is 16.6 Å². The highest BCUT2D eigenvalue weighted by atomic mass is 79.9. The molecule has 1 N–H and O–H groups in total. The molecule has 5 nitrogen and oxygen atoms in total. The Morgan fingerprint density at radius 2 is 2.20 bits per heavy atom. The Morgan fingerprint density at radius 3 is 2.85 bits per heavy atom. The molecule has 0 atom stereocenters. The average Bonchev–Trinajstić information content (AvgIpc) is 2.88. The fourth-order valence-corrected chi connectivity index (χ4v) is 1.96. The lowest BCUT2D eigenvalue weighted by atomic mass is 10.0. The first-order valence-electron chi connectivity index (χ1n) is 6.42. The molecule has 1 amide bonds. The molecule has 6 heteroatoms. The van der Waals surface area contributed by atoms with Gasteiger partial charge < -0.3 is 5.32 Å². The summed E-state index contributed by atoms with van der Waals surface area (Å²) >= 11 is 3.40. The van der Waals surface area contributed by atoms with Crippen molar-refractivity contribution in [1.29, 1.82) is 0 Å². The quantitative estimate of drug-likeness (QED) is 0.933. The van der Waals surface area contributed by atoms with E-state index >= 15 is 0 Å². The largest absolute Gasteiger partial charge is 0.346 e. The molecule has 0 bridgehead atoms. The topological polar surface area (TPSA) is 59.8 Å². The maximum absolute atomic E-state index is 12.1.